The van der Waals surface area contributed by atoms with Crippen LogP contribution in [0.1, 0.15) is 59.3 Å². The molecule has 1 aliphatic carbocycles. The first-order valence-electron chi connectivity index (χ1n) is 10.1. The van der Waals surface area contributed by atoms with Crippen molar-refractivity contribution in [1.82, 2.24) is 20.4 Å². The largest absolute Gasteiger partial charge is 0.357 e. The molecule has 2 saturated heterocycles. The molecule has 3 amide bonds. The van der Waals surface area contributed by atoms with Crippen molar-refractivity contribution in [2.24, 2.45) is 10.4 Å². The number of likely N-dealkylation sites (tertiary alicyclic amines) is 1. The Balaban J connectivity index is 0.00000261. The first-order chi connectivity index (χ1) is 12.4. The SMILES string of the molecule is CCNC(=NCCCN1C(=O)NC(C)(CC)C1=O)N1CCC2(CCC2)C1.I. The fourth-order valence-corrected chi connectivity index (χ4v) is 4.23. The lowest BCUT2D eigenvalue weighted by atomic mass is 9.68. The molecule has 1 spiro atoms. The molecule has 8 heteroatoms. The van der Waals surface area contributed by atoms with Gasteiger partial charge in [-0.25, -0.2) is 4.79 Å². The number of rotatable bonds is 6. The average molecular weight is 491 g/mol. The lowest BCUT2D eigenvalue weighted by molar-refractivity contribution is -0.130. The second kappa shape index (κ2) is 8.96. The second-order valence-electron chi connectivity index (χ2n) is 8.19. The molecule has 0 aromatic rings. The first kappa shape index (κ1) is 22.2. The van der Waals surface area contributed by atoms with Gasteiger partial charge >= 0.3 is 6.03 Å². The van der Waals surface area contributed by atoms with Crippen molar-refractivity contribution in [1.29, 1.82) is 0 Å². The summed E-state index contributed by atoms with van der Waals surface area (Å²) >= 11 is 0. The molecule has 7 nitrogen and oxygen atoms in total. The number of imide groups is 1. The lowest BCUT2D eigenvalue weighted by Gasteiger charge is -2.38. The van der Waals surface area contributed by atoms with E-state index in [1.807, 2.05) is 6.92 Å². The number of nitrogens with zero attached hydrogens (tertiary/aromatic N) is 3. The standard InChI is InChI=1S/C19H33N5O2.HI/c1-4-18(3)15(25)24(17(26)22-18)12-7-11-21-16(20-5-2)23-13-10-19(14-23)8-6-9-19;/h4-14H2,1-3H3,(H,20,21)(H,22,26);1H. The topological polar surface area (TPSA) is 77.0 Å². The lowest BCUT2D eigenvalue weighted by Crippen LogP contribution is -2.43. The van der Waals surface area contributed by atoms with E-state index in [0.29, 0.717) is 31.3 Å². The zero-order valence-corrected chi connectivity index (χ0v) is 19.2. The Bertz CT molecular complexity index is 593. The van der Waals surface area contributed by atoms with Gasteiger partial charge in [0, 0.05) is 32.7 Å². The van der Waals surface area contributed by atoms with Crippen LogP contribution in [0.4, 0.5) is 4.79 Å². The number of aliphatic imine (C=N–C) groups is 1. The van der Waals surface area contributed by atoms with Gasteiger partial charge in [-0.2, -0.15) is 0 Å². The minimum atomic E-state index is -0.748. The summed E-state index contributed by atoms with van der Waals surface area (Å²) in [5.74, 6) is 0.860. The number of guanidine groups is 1. The number of carbonyl (C=O) groups excluding carboxylic acids is 2. The van der Waals surface area contributed by atoms with Crippen LogP contribution in [0.15, 0.2) is 4.99 Å². The molecule has 2 N–H and O–H groups in total. The van der Waals surface area contributed by atoms with E-state index in [2.05, 4.69) is 22.5 Å². The molecule has 0 aromatic heterocycles. The van der Waals surface area contributed by atoms with E-state index in [0.717, 1.165) is 25.6 Å². The second-order valence-corrected chi connectivity index (χ2v) is 8.19. The molecule has 27 heavy (non-hydrogen) atoms. The molecular weight excluding hydrogens is 457 g/mol. The molecule has 0 radical (unpaired) electrons. The molecule has 2 heterocycles. The molecule has 0 aromatic carbocycles. The smallest absolute Gasteiger partial charge is 0.325 e. The summed E-state index contributed by atoms with van der Waals surface area (Å²) in [5.41, 5.74) is -0.206. The monoisotopic (exact) mass is 491 g/mol. The van der Waals surface area contributed by atoms with Crippen LogP contribution in [0.2, 0.25) is 0 Å². The molecule has 3 rings (SSSR count). The van der Waals surface area contributed by atoms with Crippen LogP contribution in [0.3, 0.4) is 0 Å². The summed E-state index contributed by atoms with van der Waals surface area (Å²) in [6, 6.07) is -0.276. The molecule has 2 aliphatic heterocycles. The Kier molecular flexibility index (Phi) is 7.38. The van der Waals surface area contributed by atoms with Crippen LogP contribution < -0.4 is 10.6 Å². The van der Waals surface area contributed by atoms with Crippen LogP contribution in [-0.4, -0.2) is 66.0 Å². The van der Waals surface area contributed by atoms with Gasteiger partial charge in [-0.1, -0.05) is 13.3 Å². The first-order valence-corrected chi connectivity index (χ1v) is 10.1. The van der Waals surface area contributed by atoms with Gasteiger partial charge in [0.05, 0.1) is 0 Å². The minimum Gasteiger partial charge on any atom is -0.357 e. The normalized spacial score (nSPS) is 26.9. The summed E-state index contributed by atoms with van der Waals surface area (Å²) < 4.78 is 0. The predicted molar refractivity (Wildman–Crippen MR) is 117 cm³/mol. The van der Waals surface area contributed by atoms with E-state index in [1.54, 1.807) is 6.92 Å². The molecule has 0 bridgehead atoms. The highest BCUT2D eigenvalue weighted by Crippen LogP contribution is 2.47. The zero-order valence-electron chi connectivity index (χ0n) is 16.8. The van der Waals surface area contributed by atoms with Crippen molar-refractivity contribution in [3.8, 4) is 0 Å². The summed E-state index contributed by atoms with van der Waals surface area (Å²) in [5, 5.41) is 6.19. The van der Waals surface area contributed by atoms with Gasteiger partial charge < -0.3 is 15.5 Å². The molecule has 154 valence electrons. The van der Waals surface area contributed by atoms with Gasteiger partial charge in [0.25, 0.3) is 5.91 Å². The summed E-state index contributed by atoms with van der Waals surface area (Å²) in [7, 11) is 0. The van der Waals surface area contributed by atoms with E-state index < -0.39 is 5.54 Å². The number of nitrogens with one attached hydrogen (secondary N) is 2. The van der Waals surface area contributed by atoms with Gasteiger partial charge in [0.15, 0.2) is 5.96 Å². The van der Waals surface area contributed by atoms with E-state index in [4.69, 9.17) is 4.99 Å². The van der Waals surface area contributed by atoms with Crippen molar-refractivity contribution >= 4 is 41.9 Å². The molecule has 3 aliphatic rings. The van der Waals surface area contributed by atoms with E-state index in [1.165, 1.54) is 30.6 Å². The van der Waals surface area contributed by atoms with Crippen molar-refractivity contribution in [3.05, 3.63) is 0 Å². The van der Waals surface area contributed by atoms with Gasteiger partial charge in [-0.3, -0.25) is 14.7 Å². The quantitative estimate of drug-likeness (QED) is 0.197. The predicted octanol–water partition coefficient (Wildman–Crippen LogP) is 2.56. The van der Waals surface area contributed by atoms with Crippen molar-refractivity contribution in [2.75, 3.05) is 32.7 Å². The fraction of sp³-hybridized carbons (Fsp3) is 0.842. The van der Waals surface area contributed by atoms with Crippen molar-refractivity contribution in [2.45, 2.75) is 64.8 Å². The average Bonchev–Trinajstić information content (AvgIpc) is 3.13. The molecule has 3 fully saturated rings. The van der Waals surface area contributed by atoms with Gasteiger partial charge in [-0.15, -0.1) is 24.0 Å². The number of hydrogen-bond donors (Lipinski definition) is 2. The highest BCUT2D eigenvalue weighted by molar-refractivity contribution is 14.0. The van der Waals surface area contributed by atoms with Crippen molar-refractivity contribution < 1.29 is 9.59 Å². The van der Waals surface area contributed by atoms with Crippen LogP contribution in [0.25, 0.3) is 0 Å². The summed E-state index contributed by atoms with van der Waals surface area (Å²) in [6.45, 7) is 9.87. The third-order valence-electron chi connectivity index (χ3n) is 6.34. The number of halogens is 1. The molecule has 1 atom stereocenters. The molecule has 1 saturated carbocycles. The summed E-state index contributed by atoms with van der Waals surface area (Å²) in [4.78, 5) is 32.9. The Morgan fingerprint density at radius 3 is 2.52 bits per heavy atom. The Morgan fingerprint density at radius 1 is 1.26 bits per heavy atom. The van der Waals surface area contributed by atoms with E-state index in [9.17, 15) is 9.59 Å². The summed E-state index contributed by atoms with van der Waals surface area (Å²) in [6.07, 6.45) is 6.64. The number of carbonyl (C=O) groups is 2. The van der Waals surface area contributed by atoms with Crippen LogP contribution in [-0.2, 0) is 4.79 Å². The zero-order chi connectivity index (χ0) is 18.8. The maximum atomic E-state index is 12.4. The molecule has 1 unspecified atom stereocenters. The fourth-order valence-electron chi connectivity index (χ4n) is 4.23. The Morgan fingerprint density at radius 2 is 2.00 bits per heavy atom. The third kappa shape index (κ3) is 4.51. The van der Waals surface area contributed by atoms with Gasteiger partial charge in [-0.05, 0) is 51.4 Å². The van der Waals surface area contributed by atoms with Crippen LogP contribution >= 0.6 is 24.0 Å². The Labute approximate surface area is 179 Å². The maximum Gasteiger partial charge on any atom is 0.325 e. The maximum absolute atomic E-state index is 12.4. The van der Waals surface area contributed by atoms with Crippen LogP contribution in [0.5, 0.6) is 0 Å². The Hall–Kier alpha value is -1.06. The number of amides is 3. The molecular formula is C19H34IN5O2. The van der Waals surface area contributed by atoms with Gasteiger partial charge in [0.1, 0.15) is 5.54 Å². The highest BCUT2D eigenvalue weighted by Gasteiger charge is 2.46. The number of hydrogen-bond acceptors (Lipinski definition) is 3. The highest BCUT2D eigenvalue weighted by atomic mass is 127. The van der Waals surface area contributed by atoms with Crippen LogP contribution in [0, 0.1) is 5.41 Å². The third-order valence-corrected chi connectivity index (χ3v) is 6.34. The van der Waals surface area contributed by atoms with Gasteiger partial charge in [0.2, 0.25) is 0 Å². The van der Waals surface area contributed by atoms with E-state index >= 15 is 0 Å². The van der Waals surface area contributed by atoms with Crippen molar-refractivity contribution in [3.63, 3.8) is 0 Å². The minimum absolute atomic E-state index is 0. The van der Waals surface area contributed by atoms with E-state index in [-0.39, 0.29) is 35.9 Å². The number of urea groups is 1.